The summed E-state index contributed by atoms with van der Waals surface area (Å²) < 4.78 is 10.2. The number of aliphatic hydroxyl groups excluding tert-OH is 3. The van der Waals surface area contributed by atoms with Crippen LogP contribution < -0.4 is 5.84 Å². The first-order valence-electron chi connectivity index (χ1n) is 5.30. The van der Waals surface area contributed by atoms with Crippen molar-refractivity contribution in [3.63, 3.8) is 0 Å². The molecule has 1 saturated heterocycles. The second-order valence-electron chi connectivity index (χ2n) is 3.89. The van der Waals surface area contributed by atoms with Crippen molar-refractivity contribution >= 4 is 18.5 Å². The van der Waals surface area contributed by atoms with Gasteiger partial charge < -0.3 is 24.8 Å². The summed E-state index contributed by atoms with van der Waals surface area (Å²) in [5.74, 6) is 4.84. The highest BCUT2D eigenvalue weighted by atomic mass is 32.1. The van der Waals surface area contributed by atoms with Crippen LogP contribution in [0.4, 0.5) is 0 Å². The molecule has 1 aliphatic rings. The lowest BCUT2D eigenvalue weighted by molar-refractivity contribution is -0.278. The second kappa shape index (κ2) is 6.66. The topological polar surface area (TPSA) is 125 Å². The first-order chi connectivity index (χ1) is 8.47. The molecule has 0 saturated carbocycles. The van der Waals surface area contributed by atoms with Crippen molar-refractivity contribution in [2.75, 3.05) is 19.5 Å². The number of hydrogen-bond donors (Lipinski definition) is 5. The van der Waals surface area contributed by atoms with E-state index in [4.69, 9.17) is 20.4 Å². The average Bonchev–Trinajstić information content (AvgIpc) is 2.39. The fourth-order valence-electron chi connectivity index (χ4n) is 1.81. The molecule has 5 N–H and O–H groups in total. The summed E-state index contributed by atoms with van der Waals surface area (Å²) in [6.07, 6.45) is -4.81. The second-order valence-corrected chi connectivity index (χ2v) is 4.21. The third kappa shape index (κ3) is 2.94. The fraction of sp³-hybridized carbons (Fsp3) is 0.889. The Hall–Kier alpha value is -0.420. The van der Waals surface area contributed by atoms with Crippen LogP contribution in [0, 0.1) is 0 Å². The summed E-state index contributed by atoms with van der Waals surface area (Å²) >= 11 is 3.78. The quantitative estimate of drug-likeness (QED) is 0.162. The highest BCUT2D eigenvalue weighted by Crippen LogP contribution is 2.24. The summed E-state index contributed by atoms with van der Waals surface area (Å²) in [5, 5.41) is 29.4. The van der Waals surface area contributed by atoms with E-state index in [-0.39, 0.29) is 5.75 Å². The number of hydrogen-bond acceptors (Lipinski definition) is 8. The van der Waals surface area contributed by atoms with Gasteiger partial charge in [0.25, 0.3) is 0 Å². The molecular formula is C9H18N2O6S. The molecule has 106 valence electrons. The van der Waals surface area contributed by atoms with E-state index in [1.165, 1.54) is 7.11 Å². The van der Waals surface area contributed by atoms with E-state index >= 15 is 0 Å². The lowest BCUT2D eigenvalue weighted by Crippen LogP contribution is -2.67. The van der Waals surface area contributed by atoms with Crippen LogP contribution in [-0.2, 0) is 14.3 Å². The lowest BCUT2D eigenvalue weighted by atomic mass is 9.96. The van der Waals surface area contributed by atoms with Gasteiger partial charge >= 0.3 is 0 Å². The maximum Gasteiger partial charge on any atom is 0.246 e. The molecule has 9 heteroatoms. The van der Waals surface area contributed by atoms with Crippen LogP contribution in [0.3, 0.4) is 0 Å². The number of thiol groups is 1. The minimum Gasteiger partial charge on any atom is -0.394 e. The molecule has 0 aromatic rings. The molecule has 1 fully saturated rings. The Morgan fingerprint density at radius 3 is 2.56 bits per heavy atom. The summed E-state index contributed by atoms with van der Waals surface area (Å²) in [5.41, 5.74) is 0. The Bertz CT molecular complexity index is 292. The van der Waals surface area contributed by atoms with Crippen LogP contribution in [0.15, 0.2) is 0 Å². The SMILES string of the molecule is CO[C@@H]1OC(CO)[C@@H](O)C(O)[C@@H]1N(N)C(=O)CS. The normalized spacial score (nSPS) is 36.4. The molecule has 1 aliphatic heterocycles. The average molecular weight is 282 g/mol. The number of rotatable bonds is 4. The molecule has 1 rings (SSSR count). The van der Waals surface area contributed by atoms with E-state index in [1.807, 2.05) is 0 Å². The van der Waals surface area contributed by atoms with Gasteiger partial charge in [0.2, 0.25) is 5.91 Å². The van der Waals surface area contributed by atoms with Crippen LogP contribution >= 0.6 is 12.6 Å². The van der Waals surface area contributed by atoms with Crippen molar-refractivity contribution in [1.82, 2.24) is 5.01 Å². The van der Waals surface area contributed by atoms with Gasteiger partial charge in [-0.1, -0.05) is 0 Å². The zero-order valence-electron chi connectivity index (χ0n) is 9.84. The highest BCUT2D eigenvalue weighted by Gasteiger charge is 2.47. The molecule has 1 amide bonds. The molecule has 18 heavy (non-hydrogen) atoms. The van der Waals surface area contributed by atoms with Crippen LogP contribution in [0.5, 0.6) is 0 Å². The van der Waals surface area contributed by atoms with E-state index in [0.29, 0.717) is 0 Å². The van der Waals surface area contributed by atoms with Gasteiger partial charge in [-0.15, -0.1) is 0 Å². The van der Waals surface area contributed by atoms with Gasteiger partial charge in [0, 0.05) is 7.11 Å². The summed E-state index contributed by atoms with van der Waals surface area (Å²) in [6, 6.07) is -1.08. The smallest absolute Gasteiger partial charge is 0.246 e. The summed E-state index contributed by atoms with van der Waals surface area (Å²) in [7, 11) is 1.30. The molecule has 0 spiro atoms. The molecule has 1 heterocycles. The third-order valence-electron chi connectivity index (χ3n) is 2.83. The van der Waals surface area contributed by atoms with Crippen molar-refractivity contribution in [2.24, 2.45) is 5.84 Å². The molecule has 0 aromatic heterocycles. The fourth-order valence-corrected chi connectivity index (χ4v) is 1.97. The first-order valence-corrected chi connectivity index (χ1v) is 5.94. The van der Waals surface area contributed by atoms with Gasteiger partial charge in [0.15, 0.2) is 6.29 Å². The van der Waals surface area contributed by atoms with E-state index in [9.17, 15) is 15.0 Å². The number of carbonyl (C=O) groups excluding carboxylic acids is 1. The maximum atomic E-state index is 11.4. The summed E-state index contributed by atoms with van der Waals surface area (Å²) in [6.45, 7) is -0.490. The molecule has 0 radical (unpaired) electrons. The molecule has 2 unspecified atom stereocenters. The maximum absolute atomic E-state index is 11.4. The van der Waals surface area contributed by atoms with Crippen LogP contribution in [-0.4, -0.2) is 76.3 Å². The molecule has 0 aromatic carbocycles. The monoisotopic (exact) mass is 282 g/mol. The Balaban J connectivity index is 2.90. The van der Waals surface area contributed by atoms with Gasteiger partial charge in [-0.2, -0.15) is 12.6 Å². The van der Waals surface area contributed by atoms with Gasteiger partial charge in [0.1, 0.15) is 24.4 Å². The zero-order valence-corrected chi connectivity index (χ0v) is 10.7. The standard InChI is InChI=1S/C9H18N2O6S/c1-16-9-6(11(10)5(13)3-18)8(15)7(14)4(2-12)17-9/h4,6-9,12,14-15,18H,2-3,10H2,1H3/t4?,6-,7+,8?,9+/m0/s1. The summed E-state index contributed by atoms with van der Waals surface area (Å²) in [4.78, 5) is 11.4. The van der Waals surface area contributed by atoms with Crippen LogP contribution in [0.25, 0.3) is 0 Å². The van der Waals surface area contributed by atoms with Crippen molar-refractivity contribution in [2.45, 2.75) is 30.6 Å². The number of nitrogens with zero attached hydrogens (tertiary/aromatic N) is 1. The molecule has 0 bridgehead atoms. The Kier molecular flexibility index (Phi) is 5.79. The van der Waals surface area contributed by atoms with Crippen molar-refractivity contribution in [3.8, 4) is 0 Å². The number of aliphatic hydroxyl groups is 3. The molecular weight excluding hydrogens is 264 g/mol. The Morgan fingerprint density at radius 2 is 2.11 bits per heavy atom. The van der Waals surface area contributed by atoms with Crippen molar-refractivity contribution < 1.29 is 29.6 Å². The lowest BCUT2D eigenvalue weighted by Gasteiger charge is -2.44. The third-order valence-corrected chi connectivity index (χ3v) is 3.10. The van der Waals surface area contributed by atoms with E-state index in [2.05, 4.69) is 12.6 Å². The van der Waals surface area contributed by atoms with E-state index < -0.39 is 43.2 Å². The number of ether oxygens (including phenoxy) is 2. The number of hydrazine groups is 1. The largest absolute Gasteiger partial charge is 0.394 e. The van der Waals surface area contributed by atoms with Gasteiger partial charge in [0.05, 0.1) is 12.4 Å². The zero-order chi connectivity index (χ0) is 13.9. The van der Waals surface area contributed by atoms with Gasteiger partial charge in [-0.05, 0) is 0 Å². The minimum absolute atomic E-state index is 0.157. The molecule has 0 aliphatic carbocycles. The predicted molar refractivity (Wildman–Crippen MR) is 63.4 cm³/mol. The highest BCUT2D eigenvalue weighted by molar-refractivity contribution is 7.81. The van der Waals surface area contributed by atoms with E-state index in [0.717, 1.165) is 5.01 Å². The number of carbonyl (C=O) groups is 1. The number of nitrogens with two attached hydrogens (primary N) is 1. The number of methoxy groups -OCH3 is 1. The molecule has 5 atom stereocenters. The minimum atomic E-state index is -1.39. The Labute approximate surface area is 110 Å². The number of amides is 1. The Morgan fingerprint density at radius 1 is 1.50 bits per heavy atom. The van der Waals surface area contributed by atoms with Crippen molar-refractivity contribution in [1.29, 1.82) is 0 Å². The predicted octanol–water partition coefficient (Wildman–Crippen LogP) is -2.93. The van der Waals surface area contributed by atoms with E-state index in [1.54, 1.807) is 0 Å². The molecule has 8 nitrogen and oxygen atoms in total. The van der Waals surface area contributed by atoms with Gasteiger partial charge in [-0.3, -0.25) is 9.80 Å². The van der Waals surface area contributed by atoms with Crippen LogP contribution in [0.1, 0.15) is 0 Å². The van der Waals surface area contributed by atoms with Gasteiger partial charge in [-0.25, -0.2) is 5.84 Å². The van der Waals surface area contributed by atoms with Crippen molar-refractivity contribution in [3.05, 3.63) is 0 Å². The van der Waals surface area contributed by atoms with Crippen LogP contribution in [0.2, 0.25) is 0 Å². The first kappa shape index (κ1) is 15.6.